The van der Waals surface area contributed by atoms with Gasteiger partial charge in [-0.25, -0.2) is 0 Å². The molecule has 2 aromatic carbocycles. The molecule has 0 fully saturated rings. The van der Waals surface area contributed by atoms with Crippen LogP contribution in [-0.4, -0.2) is 32.3 Å². The monoisotopic (exact) mass is 372 g/mol. The molecule has 0 aliphatic carbocycles. The average molecular weight is 372 g/mol. The number of aryl methyl sites for hydroxylation is 1. The van der Waals surface area contributed by atoms with Crippen molar-refractivity contribution in [2.75, 3.05) is 6.54 Å². The van der Waals surface area contributed by atoms with Crippen LogP contribution in [0, 0.1) is 11.3 Å². The number of aliphatic carboxylic acids is 1. The lowest BCUT2D eigenvalue weighted by molar-refractivity contribution is -0.143. The molecule has 1 unspecified atom stereocenters. The third-order valence-corrected chi connectivity index (χ3v) is 5.07. The molecule has 1 aromatic heterocycles. The van der Waals surface area contributed by atoms with E-state index in [0.29, 0.717) is 25.3 Å². The SMILES string of the molecule is N#Cc1cc2n(n1)CCCN(C(C(=O)O)c1cccc(-c3ccccc3)c1)C2. The predicted octanol–water partition coefficient (Wildman–Crippen LogP) is 3.45. The summed E-state index contributed by atoms with van der Waals surface area (Å²) in [6.07, 6.45) is 0.779. The maximum atomic E-state index is 12.2. The fourth-order valence-corrected chi connectivity index (χ4v) is 3.79. The number of nitrogens with zero attached hydrogens (tertiary/aromatic N) is 4. The summed E-state index contributed by atoms with van der Waals surface area (Å²) in [5.74, 6) is -0.876. The standard InChI is InChI=1S/C22H20N4O2/c23-14-19-13-20-15-25(10-5-11-26(20)24-19)21(22(27)28)18-9-4-8-17(12-18)16-6-2-1-3-7-16/h1-4,6-9,12-13,21H,5,10-11,15H2,(H,27,28). The van der Waals surface area contributed by atoms with Gasteiger partial charge >= 0.3 is 5.97 Å². The molecular formula is C22H20N4O2. The summed E-state index contributed by atoms with van der Waals surface area (Å²) in [5.41, 5.74) is 4.05. The molecule has 0 bridgehead atoms. The number of carboxylic acid groups (broad SMARTS) is 1. The first kappa shape index (κ1) is 18.0. The second kappa shape index (κ2) is 7.67. The van der Waals surface area contributed by atoms with Gasteiger partial charge in [0.05, 0.1) is 5.69 Å². The van der Waals surface area contributed by atoms with E-state index in [1.165, 1.54) is 0 Å². The van der Waals surface area contributed by atoms with Crippen LogP contribution < -0.4 is 0 Å². The second-order valence-electron chi connectivity index (χ2n) is 6.91. The molecule has 1 aliphatic heterocycles. The van der Waals surface area contributed by atoms with Crippen LogP contribution in [-0.2, 0) is 17.9 Å². The zero-order valence-corrected chi connectivity index (χ0v) is 15.3. The van der Waals surface area contributed by atoms with E-state index in [4.69, 9.17) is 5.26 Å². The van der Waals surface area contributed by atoms with Crippen molar-refractivity contribution >= 4 is 5.97 Å². The first-order valence-electron chi connectivity index (χ1n) is 9.25. The Labute approximate surface area is 163 Å². The Balaban J connectivity index is 1.68. The molecule has 1 N–H and O–H groups in total. The number of benzene rings is 2. The second-order valence-corrected chi connectivity index (χ2v) is 6.91. The van der Waals surface area contributed by atoms with Gasteiger partial charge in [0, 0.05) is 19.6 Å². The van der Waals surface area contributed by atoms with Crippen molar-refractivity contribution in [1.82, 2.24) is 14.7 Å². The van der Waals surface area contributed by atoms with E-state index in [9.17, 15) is 9.90 Å². The minimum atomic E-state index is -0.876. The topological polar surface area (TPSA) is 82.2 Å². The van der Waals surface area contributed by atoms with E-state index < -0.39 is 12.0 Å². The number of carbonyl (C=O) groups is 1. The van der Waals surface area contributed by atoms with Crippen molar-refractivity contribution in [3.05, 3.63) is 77.6 Å². The van der Waals surface area contributed by atoms with Crippen LogP contribution in [0.3, 0.4) is 0 Å². The predicted molar refractivity (Wildman–Crippen MR) is 104 cm³/mol. The van der Waals surface area contributed by atoms with Crippen molar-refractivity contribution in [3.63, 3.8) is 0 Å². The van der Waals surface area contributed by atoms with Gasteiger partial charge in [-0.05, 0) is 35.2 Å². The van der Waals surface area contributed by atoms with Gasteiger partial charge in [0.1, 0.15) is 12.1 Å². The Kier molecular flexibility index (Phi) is 4.92. The van der Waals surface area contributed by atoms with Crippen molar-refractivity contribution in [3.8, 4) is 17.2 Å². The molecule has 0 saturated carbocycles. The number of aromatic nitrogens is 2. The average Bonchev–Trinajstić information content (AvgIpc) is 3.00. The van der Waals surface area contributed by atoms with Crippen LogP contribution in [0.5, 0.6) is 0 Å². The number of nitriles is 1. The first-order chi connectivity index (χ1) is 13.7. The van der Waals surface area contributed by atoms with Crippen LogP contribution in [0.4, 0.5) is 0 Å². The number of hydrogen-bond donors (Lipinski definition) is 1. The molecule has 1 atom stereocenters. The van der Waals surface area contributed by atoms with Crippen LogP contribution in [0.2, 0.25) is 0 Å². The highest BCUT2D eigenvalue weighted by atomic mass is 16.4. The lowest BCUT2D eigenvalue weighted by atomic mass is 9.98. The molecule has 0 amide bonds. The Morgan fingerprint density at radius 2 is 1.86 bits per heavy atom. The van der Waals surface area contributed by atoms with Gasteiger partial charge < -0.3 is 5.11 Å². The molecule has 4 rings (SSSR count). The summed E-state index contributed by atoms with van der Waals surface area (Å²) >= 11 is 0. The summed E-state index contributed by atoms with van der Waals surface area (Å²) in [7, 11) is 0. The Morgan fingerprint density at radius 3 is 2.61 bits per heavy atom. The van der Waals surface area contributed by atoms with Gasteiger partial charge in [0.25, 0.3) is 0 Å². The zero-order valence-electron chi connectivity index (χ0n) is 15.3. The maximum absolute atomic E-state index is 12.2. The molecular weight excluding hydrogens is 352 g/mol. The third kappa shape index (κ3) is 3.53. The third-order valence-electron chi connectivity index (χ3n) is 5.07. The summed E-state index contributed by atoms with van der Waals surface area (Å²) in [4.78, 5) is 14.2. The van der Waals surface area contributed by atoms with Crippen molar-refractivity contribution in [2.45, 2.75) is 25.6 Å². The number of fused-ring (bicyclic) bond motifs is 1. The Hall–Kier alpha value is -3.43. The van der Waals surface area contributed by atoms with Gasteiger partial charge in [-0.3, -0.25) is 14.4 Å². The van der Waals surface area contributed by atoms with Crippen molar-refractivity contribution in [1.29, 1.82) is 5.26 Å². The lowest BCUT2D eigenvalue weighted by Gasteiger charge is -2.27. The summed E-state index contributed by atoms with van der Waals surface area (Å²) in [5, 5.41) is 23.4. The van der Waals surface area contributed by atoms with E-state index >= 15 is 0 Å². The van der Waals surface area contributed by atoms with Crippen molar-refractivity contribution in [2.24, 2.45) is 0 Å². The Morgan fingerprint density at radius 1 is 1.07 bits per heavy atom. The smallest absolute Gasteiger partial charge is 0.325 e. The highest BCUT2D eigenvalue weighted by molar-refractivity contribution is 5.77. The van der Waals surface area contributed by atoms with Gasteiger partial charge in [0.2, 0.25) is 0 Å². The lowest BCUT2D eigenvalue weighted by Crippen LogP contribution is -2.34. The molecule has 0 saturated heterocycles. The number of hydrogen-bond acceptors (Lipinski definition) is 4. The first-order valence-corrected chi connectivity index (χ1v) is 9.25. The van der Waals surface area contributed by atoms with E-state index in [2.05, 4.69) is 11.2 Å². The van der Waals surface area contributed by atoms with E-state index in [1.54, 1.807) is 6.07 Å². The van der Waals surface area contributed by atoms with Gasteiger partial charge in [-0.1, -0.05) is 48.5 Å². The molecule has 140 valence electrons. The molecule has 2 heterocycles. The normalized spacial score (nSPS) is 15.2. The quantitative estimate of drug-likeness (QED) is 0.758. The highest BCUT2D eigenvalue weighted by Crippen LogP contribution is 2.29. The van der Waals surface area contributed by atoms with Crippen LogP contribution in [0.25, 0.3) is 11.1 Å². The minimum Gasteiger partial charge on any atom is -0.480 e. The van der Waals surface area contributed by atoms with E-state index in [1.807, 2.05) is 64.2 Å². The molecule has 1 aliphatic rings. The van der Waals surface area contributed by atoms with Crippen LogP contribution >= 0.6 is 0 Å². The number of rotatable bonds is 4. The van der Waals surface area contributed by atoms with Crippen molar-refractivity contribution < 1.29 is 9.90 Å². The van der Waals surface area contributed by atoms with Gasteiger partial charge in [-0.15, -0.1) is 0 Å². The fourth-order valence-electron chi connectivity index (χ4n) is 3.79. The molecule has 28 heavy (non-hydrogen) atoms. The van der Waals surface area contributed by atoms with E-state index in [-0.39, 0.29) is 0 Å². The fraction of sp³-hybridized carbons (Fsp3) is 0.227. The largest absolute Gasteiger partial charge is 0.480 e. The van der Waals surface area contributed by atoms with Gasteiger partial charge in [0.15, 0.2) is 5.69 Å². The minimum absolute atomic E-state index is 0.370. The van der Waals surface area contributed by atoms with E-state index in [0.717, 1.165) is 28.8 Å². The van der Waals surface area contributed by atoms with Gasteiger partial charge in [-0.2, -0.15) is 10.4 Å². The number of carboxylic acids is 1. The molecule has 3 aromatic rings. The molecule has 6 heteroatoms. The summed E-state index contributed by atoms with van der Waals surface area (Å²) in [6, 6.07) is 20.7. The van der Waals surface area contributed by atoms with Crippen LogP contribution in [0.15, 0.2) is 60.7 Å². The summed E-state index contributed by atoms with van der Waals surface area (Å²) in [6.45, 7) is 1.78. The molecule has 0 spiro atoms. The highest BCUT2D eigenvalue weighted by Gasteiger charge is 2.30. The maximum Gasteiger partial charge on any atom is 0.325 e. The molecule has 0 radical (unpaired) electrons. The van der Waals surface area contributed by atoms with Crippen LogP contribution in [0.1, 0.15) is 29.4 Å². The summed E-state index contributed by atoms with van der Waals surface area (Å²) < 4.78 is 1.82. The zero-order chi connectivity index (χ0) is 19.5. The Bertz CT molecular complexity index is 1040. The molecule has 6 nitrogen and oxygen atoms in total.